The Morgan fingerprint density at radius 1 is 1.47 bits per heavy atom. The van der Waals surface area contributed by atoms with Gasteiger partial charge in [-0.1, -0.05) is 12.1 Å². The lowest BCUT2D eigenvalue weighted by atomic mass is 10.2. The van der Waals surface area contributed by atoms with Gasteiger partial charge in [0.1, 0.15) is 12.4 Å². The molecule has 94 valence electrons. The van der Waals surface area contributed by atoms with Gasteiger partial charge in [-0.3, -0.25) is 0 Å². The number of aliphatic hydroxyl groups excluding tert-OH is 1. The van der Waals surface area contributed by atoms with Crippen LogP contribution in [0.3, 0.4) is 0 Å². The van der Waals surface area contributed by atoms with Crippen molar-refractivity contribution < 1.29 is 14.6 Å². The molecule has 0 aliphatic heterocycles. The van der Waals surface area contributed by atoms with E-state index in [1.807, 2.05) is 31.2 Å². The van der Waals surface area contributed by atoms with Gasteiger partial charge >= 0.3 is 0 Å². The van der Waals surface area contributed by atoms with Crippen molar-refractivity contribution in [2.24, 2.45) is 0 Å². The van der Waals surface area contributed by atoms with Crippen molar-refractivity contribution in [2.75, 3.05) is 6.61 Å². The molecule has 0 amide bonds. The van der Waals surface area contributed by atoms with Crippen LogP contribution in [0.4, 0.5) is 0 Å². The average molecular weight is 237 g/mol. The highest BCUT2D eigenvalue weighted by atomic mass is 16.5. The third kappa shape index (κ3) is 4.87. The standard InChI is InChI=1S/C13H19NO3/c1-10(2)14(16)8-12(15)9-17-13-6-4-5-11(3)7-13/h4-8,10,12,15H,9H2,1-3H3/b14-8-. The molecular formula is C13H19NO3. The zero-order valence-corrected chi connectivity index (χ0v) is 10.5. The molecule has 0 fully saturated rings. The van der Waals surface area contributed by atoms with Crippen molar-refractivity contribution in [3.05, 3.63) is 35.0 Å². The zero-order valence-electron chi connectivity index (χ0n) is 10.5. The van der Waals surface area contributed by atoms with Crippen LogP contribution >= 0.6 is 0 Å². The monoisotopic (exact) mass is 237 g/mol. The first-order valence-corrected chi connectivity index (χ1v) is 5.67. The third-order valence-corrected chi connectivity index (χ3v) is 2.24. The van der Waals surface area contributed by atoms with Gasteiger partial charge in [0.15, 0.2) is 18.4 Å². The Kier molecular flexibility index (Phi) is 4.97. The van der Waals surface area contributed by atoms with Crippen molar-refractivity contribution in [1.29, 1.82) is 0 Å². The van der Waals surface area contributed by atoms with Crippen LogP contribution in [0.5, 0.6) is 5.75 Å². The van der Waals surface area contributed by atoms with E-state index in [0.29, 0.717) is 5.75 Å². The summed E-state index contributed by atoms with van der Waals surface area (Å²) in [5.74, 6) is 0.694. The molecule has 0 radical (unpaired) electrons. The van der Waals surface area contributed by atoms with Gasteiger partial charge < -0.3 is 15.1 Å². The van der Waals surface area contributed by atoms with E-state index in [9.17, 15) is 10.3 Å². The van der Waals surface area contributed by atoms with Crippen molar-refractivity contribution in [3.63, 3.8) is 0 Å². The van der Waals surface area contributed by atoms with Crippen molar-refractivity contribution in [1.82, 2.24) is 0 Å². The van der Waals surface area contributed by atoms with E-state index in [4.69, 9.17) is 4.74 Å². The molecule has 1 aromatic carbocycles. The normalized spacial score (nSPS) is 13.8. The number of nitrogens with zero attached hydrogens (tertiary/aromatic N) is 1. The summed E-state index contributed by atoms with van der Waals surface area (Å²) in [6.07, 6.45) is 0.330. The molecule has 0 spiro atoms. The molecule has 0 saturated carbocycles. The number of hydroxylamine groups is 1. The predicted molar refractivity (Wildman–Crippen MR) is 67.5 cm³/mol. The molecule has 1 aromatic rings. The quantitative estimate of drug-likeness (QED) is 0.367. The summed E-state index contributed by atoms with van der Waals surface area (Å²) in [5.41, 5.74) is 1.09. The summed E-state index contributed by atoms with van der Waals surface area (Å²) in [6.45, 7) is 5.57. The van der Waals surface area contributed by atoms with Crippen LogP contribution in [-0.2, 0) is 0 Å². The van der Waals surface area contributed by atoms with E-state index < -0.39 is 6.10 Å². The highest BCUT2D eigenvalue weighted by Gasteiger charge is 2.08. The minimum absolute atomic E-state index is 0.0783. The first-order valence-electron chi connectivity index (χ1n) is 5.67. The van der Waals surface area contributed by atoms with Crippen LogP contribution in [0.15, 0.2) is 24.3 Å². The molecule has 0 aliphatic carbocycles. The van der Waals surface area contributed by atoms with Gasteiger partial charge in [0, 0.05) is 0 Å². The molecule has 0 heterocycles. The van der Waals surface area contributed by atoms with Gasteiger partial charge in [-0.2, -0.15) is 0 Å². The largest absolute Gasteiger partial charge is 0.624 e. The van der Waals surface area contributed by atoms with E-state index in [0.717, 1.165) is 10.3 Å². The Morgan fingerprint density at radius 3 is 2.76 bits per heavy atom. The summed E-state index contributed by atoms with van der Waals surface area (Å²) < 4.78 is 6.11. The van der Waals surface area contributed by atoms with Crippen LogP contribution in [-0.4, -0.2) is 34.8 Å². The fourth-order valence-corrected chi connectivity index (χ4v) is 1.27. The maximum absolute atomic E-state index is 11.3. The number of rotatable bonds is 5. The summed E-state index contributed by atoms with van der Waals surface area (Å²) >= 11 is 0. The fourth-order valence-electron chi connectivity index (χ4n) is 1.27. The van der Waals surface area contributed by atoms with E-state index >= 15 is 0 Å². The number of ether oxygens (including phenoxy) is 1. The molecule has 1 atom stereocenters. The SMILES string of the molecule is Cc1cccc(OCC(O)/C=[N+](\[O-])C(C)C)c1. The van der Waals surface area contributed by atoms with Crippen LogP contribution in [0, 0.1) is 12.1 Å². The van der Waals surface area contributed by atoms with Gasteiger partial charge in [0.25, 0.3) is 0 Å². The van der Waals surface area contributed by atoms with Gasteiger partial charge in [-0.05, 0) is 38.5 Å². The van der Waals surface area contributed by atoms with Gasteiger partial charge in [0.05, 0.1) is 0 Å². The minimum Gasteiger partial charge on any atom is -0.624 e. The topological polar surface area (TPSA) is 55.5 Å². The lowest BCUT2D eigenvalue weighted by Gasteiger charge is -2.11. The van der Waals surface area contributed by atoms with Gasteiger partial charge in [0.2, 0.25) is 0 Å². The van der Waals surface area contributed by atoms with E-state index in [-0.39, 0.29) is 12.6 Å². The molecular weight excluding hydrogens is 218 g/mol. The van der Waals surface area contributed by atoms with Gasteiger partial charge in [-0.25, -0.2) is 4.74 Å². The number of aliphatic hydroxyl groups is 1. The van der Waals surface area contributed by atoms with Crippen molar-refractivity contribution in [2.45, 2.75) is 32.9 Å². The number of hydrogen-bond donors (Lipinski definition) is 1. The molecule has 4 nitrogen and oxygen atoms in total. The highest BCUT2D eigenvalue weighted by Crippen LogP contribution is 2.12. The number of hydrogen-bond acceptors (Lipinski definition) is 3. The third-order valence-electron chi connectivity index (χ3n) is 2.24. The first kappa shape index (κ1) is 13.5. The molecule has 1 unspecified atom stereocenters. The second-order valence-corrected chi connectivity index (χ2v) is 4.30. The maximum Gasteiger partial charge on any atom is 0.183 e. The van der Waals surface area contributed by atoms with E-state index in [1.54, 1.807) is 13.8 Å². The Balaban J connectivity index is 2.48. The van der Waals surface area contributed by atoms with Gasteiger partial charge in [-0.15, -0.1) is 0 Å². The van der Waals surface area contributed by atoms with E-state index in [1.165, 1.54) is 6.21 Å². The lowest BCUT2D eigenvalue weighted by molar-refractivity contribution is -0.490. The lowest BCUT2D eigenvalue weighted by Crippen LogP contribution is -2.26. The van der Waals surface area contributed by atoms with E-state index in [2.05, 4.69) is 0 Å². The number of aryl methyl sites for hydroxylation is 1. The Hall–Kier alpha value is -1.55. The molecule has 17 heavy (non-hydrogen) atoms. The Labute approximate surface area is 102 Å². The molecule has 0 saturated heterocycles. The summed E-state index contributed by atoms with van der Waals surface area (Å²) in [7, 11) is 0. The minimum atomic E-state index is -0.893. The van der Waals surface area contributed by atoms with Crippen molar-refractivity contribution >= 4 is 6.21 Å². The van der Waals surface area contributed by atoms with Crippen LogP contribution in [0.25, 0.3) is 0 Å². The maximum atomic E-state index is 11.3. The second-order valence-electron chi connectivity index (χ2n) is 4.30. The molecule has 0 bridgehead atoms. The van der Waals surface area contributed by atoms with Crippen LogP contribution in [0.2, 0.25) is 0 Å². The smallest absolute Gasteiger partial charge is 0.183 e. The Bertz CT molecular complexity index is 388. The number of benzene rings is 1. The average Bonchev–Trinajstić information content (AvgIpc) is 2.26. The summed E-state index contributed by atoms with van der Waals surface area (Å²) in [4.78, 5) is 0. The zero-order chi connectivity index (χ0) is 12.8. The molecule has 1 rings (SSSR count). The first-order chi connectivity index (χ1) is 7.99. The highest BCUT2D eigenvalue weighted by molar-refractivity contribution is 5.57. The summed E-state index contributed by atoms with van der Waals surface area (Å²) in [6, 6.07) is 7.37. The molecule has 1 N–H and O–H groups in total. The molecule has 4 heteroatoms. The summed E-state index contributed by atoms with van der Waals surface area (Å²) in [5, 5.41) is 20.8. The molecule has 0 aromatic heterocycles. The van der Waals surface area contributed by atoms with Crippen LogP contribution < -0.4 is 4.74 Å². The fraction of sp³-hybridized carbons (Fsp3) is 0.462. The predicted octanol–water partition coefficient (Wildman–Crippen LogP) is 1.72. The van der Waals surface area contributed by atoms with Crippen LogP contribution in [0.1, 0.15) is 19.4 Å². The molecule has 0 aliphatic rings. The van der Waals surface area contributed by atoms with Crippen molar-refractivity contribution in [3.8, 4) is 5.75 Å². The second kappa shape index (κ2) is 6.25. The Morgan fingerprint density at radius 2 is 2.18 bits per heavy atom.